The van der Waals surface area contributed by atoms with Crippen LogP contribution in [0.5, 0.6) is 0 Å². The van der Waals surface area contributed by atoms with E-state index in [1.165, 1.54) is 19.3 Å². The summed E-state index contributed by atoms with van der Waals surface area (Å²) in [5.41, 5.74) is 4.99. The van der Waals surface area contributed by atoms with Gasteiger partial charge in [-0.2, -0.15) is 5.10 Å². The third kappa shape index (κ3) is 4.75. The van der Waals surface area contributed by atoms with E-state index in [1.54, 1.807) is 0 Å². The molecular formula is C24H35N5O2. The molecule has 0 radical (unpaired) electrons. The van der Waals surface area contributed by atoms with Gasteiger partial charge in [-0.25, -0.2) is 9.50 Å². The summed E-state index contributed by atoms with van der Waals surface area (Å²) >= 11 is 0. The van der Waals surface area contributed by atoms with Crippen LogP contribution in [0.1, 0.15) is 86.9 Å². The predicted octanol–water partition coefficient (Wildman–Crippen LogP) is 3.45. The summed E-state index contributed by atoms with van der Waals surface area (Å²) in [6.07, 6.45) is 8.60. The van der Waals surface area contributed by atoms with E-state index < -0.39 is 0 Å². The molecule has 2 aromatic rings. The number of rotatable bonds is 6. The molecule has 3 heterocycles. The number of hydrogen-bond acceptors (Lipinski definition) is 4. The van der Waals surface area contributed by atoms with Crippen molar-refractivity contribution in [2.45, 2.75) is 90.5 Å². The zero-order valence-electron chi connectivity index (χ0n) is 19.1. The molecule has 2 aliphatic rings. The molecule has 31 heavy (non-hydrogen) atoms. The van der Waals surface area contributed by atoms with Gasteiger partial charge in [-0.3, -0.25) is 9.59 Å². The van der Waals surface area contributed by atoms with Crippen molar-refractivity contribution in [3.63, 3.8) is 0 Å². The predicted molar refractivity (Wildman–Crippen MR) is 120 cm³/mol. The normalized spacial score (nSPS) is 19.8. The number of carbonyl (C=O) groups excluding carboxylic acids is 2. The Morgan fingerprint density at radius 3 is 2.68 bits per heavy atom. The number of aromatic nitrogens is 3. The van der Waals surface area contributed by atoms with Gasteiger partial charge < -0.3 is 10.2 Å². The van der Waals surface area contributed by atoms with Crippen LogP contribution in [-0.4, -0.2) is 50.4 Å². The third-order valence-corrected chi connectivity index (χ3v) is 7.02. The van der Waals surface area contributed by atoms with Gasteiger partial charge in [0.05, 0.1) is 5.69 Å². The van der Waals surface area contributed by atoms with Crippen LogP contribution in [0, 0.1) is 13.8 Å². The second-order valence-corrected chi connectivity index (χ2v) is 9.18. The average molecular weight is 426 g/mol. The number of aryl methyl sites for hydroxylation is 2. The summed E-state index contributed by atoms with van der Waals surface area (Å²) < 4.78 is 1.92. The van der Waals surface area contributed by atoms with E-state index in [1.807, 2.05) is 23.3 Å². The number of likely N-dealkylation sites (tertiary alicyclic amines) is 1. The lowest BCUT2D eigenvalue weighted by Crippen LogP contribution is -2.36. The number of nitrogens with one attached hydrogen (secondary N) is 1. The van der Waals surface area contributed by atoms with Gasteiger partial charge in [-0.15, -0.1) is 0 Å². The minimum absolute atomic E-state index is 0.138. The van der Waals surface area contributed by atoms with Gasteiger partial charge in [0.25, 0.3) is 0 Å². The van der Waals surface area contributed by atoms with E-state index in [0.717, 1.165) is 60.6 Å². The second kappa shape index (κ2) is 9.37. The van der Waals surface area contributed by atoms with Crippen LogP contribution in [-0.2, 0) is 16.0 Å². The highest BCUT2D eigenvalue weighted by Crippen LogP contribution is 2.28. The molecule has 7 nitrogen and oxygen atoms in total. The first-order valence-corrected chi connectivity index (χ1v) is 11.9. The minimum atomic E-state index is 0.138. The summed E-state index contributed by atoms with van der Waals surface area (Å²) in [5.74, 6) is 0.616. The Morgan fingerprint density at radius 2 is 1.94 bits per heavy atom. The molecular weight excluding hydrogens is 390 g/mol. The maximum atomic E-state index is 12.5. The van der Waals surface area contributed by atoms with Crippen LogP contribution in [0.25, 0.3) is 5.65 Å². The standard InChI is InChI=1S/C24H35N5O2/c1-4-24(31)28-13-12-18(15-28)21-14-22-25-16(2)20(17(3)29(22)27-21)10-11-23(30)26-19-8-6-5-7-9-19/h14,18-19H,4-13,15H2,1-3H3,(H,26,30)/t18-/m0/s1. The SMILES string of the molecule is CCC(=O)N1CC[C@H](c2cc3nc(C)c(CCC(=O)NC4CCCCC4)c(C)n3n2)C1. The van der Waals surface area contributed by atoms with Gasteiger partial charge in [0, 0.05) is 55.3 Å². The van der Waals surface area contributed by atoms with Crippen molar-refractivity contribution >= 4 is 17.5 Å². The van der Waals surface area contributed by atoms with Crippen molar-refractivity contribution in [1.82, 2.24) is 24.8 Å². The molecule has 1 N–H and O–H groups in total. The molecule has 168 valence electrons. The number of amides is 2. The van der Waals surface area contributed by atoms with Crippen LogP contribution < -0.4 is 5.32 Å². The Balaban J connectivity index is 1.45. The van der Waals surface area contributed by atoms with Crippen molar-refractivity contribution in [2.24, 2.45) is 0 Å². The van der Waals surface area contributed by atoms with Gasteiger partial charge in [0.15, 0.2) is 5.65 Å². The number of hydrogen-bond donors (Lipinski definition) is 1. The molecule has 1 saturated heterocycles. The van der Waals surface area contributed by atoms with Crippen LogP contribution >= 0.6 is 0 Å². The molecule has 0 bridgehead atoms. The molecule has 0 spiro atoms. The fourth-order valence-corrected chi connectivity index (χ4v) is 5.14. The zero-order chi connectivity index (χ0) is 22.0. The highest BCUT2D eigenvalue weighted by molar-refractivity contribution is 5.77. The Kier molecular flexibility index (Phi) is 6.58. The van der Waals surface area contributed by atoms with Crippen molar-refractivity contribution in [3.05, 3.63) is 28.7 Å². The van der Waals surface area contributed by atoms with E-state index in [9.17, 15) is 9.59 Å². The van der Waals surface area contributed by atoms with Gasteiger partial charge in [-0.1, -0.05) is 26.2 Å². The monoisotopic (exact) mass is 425 g/mol. The van der Waals surface area contributed by atoms with Gasteiger partial charge in [0.1, 0.15) is 0 Å². The summed E-state index contributed by atoms with van der Waals surface area (Å²) in [6, 6.07) is 2.41. The quantitative estimate of drug-likeness (QED) is 0.769. The molecule has 1 aliphatic carbocycles. The lowest BCUT2D eigenvalue weighted by Gasteiger charge is -2.22. The fourth-order valence-electron chi connectivity index (χ4n) is 5.14. The molecule has 1 aliphatic heterocycles. The Bertz CT molecular complexity index is 961. The first kappa shape index (κ1) is 21.8. The Morgan fingerprint density at radius 1 is 1.16 bits per heavy atom. The molecule has 7 heteroatoms. The highest BCUT2D eigenvalue weighted by atomic mass is 16.2. The fraction of sp³-hybridized carbons (Fsp3) is 0.667. The Hall–Kier alpha value is -2.44. The maximum absolute atomic E-state index is 12.5. The largest absolute Gasteiger partial charge is 0.353 e. The molecule has 0 aromatic carbocycles. The van der Waals surface area contributed by atoms with Gasteiger partial charge in [-0.05, 0) is 45.1 Å². The maximum Gasteiger partial charge on any atom is 0.222 e. The van der Waals surface area contributed by atoms with E-state index in [4.69, 9.17) is 10.1 Å². The van der Waals surface area contributed by atoms with Gasteiger partial charge in [0.2, 0.25) is 11.8 Å². The molecule has 0 unspecified atom stereocenters. The first-order chi connectivity index (χ1) is 15.0. The molecule has 2 aromatic heterocycles. The van der Waals surface area contributed by atoms with E-state index in [-0.39, 0.29) is 17.7 Å². The summed E-state index contributed by atoms with van der Waals surface area (Å²) in [7, 11) is 0. The highest BCUT2D eigenvalue weighted by Gasteiger charge is 2.29. The summed E-state index contributed by atoms with van der Waals surface area (Å²) in [6.45, 7) is 7.54. The third-order valence-electron chi connectivity index (χ3n) is 7.02. The van der Waals surface area contributed by atoms with Crippen LogP contribution in [0.4, 0.5) is 0 Å². The van der Waals surface area contributed by atoms with Crippen LogP contribution in [0.15, 0.2) is 6.07 Å². The summed E-state index contributed by atoms with van der Waals surface area (Å²) in [4.78, 5) is 31.2. The Labute approximate surface area is 184 Å². The second-order valence-electron chi connectivity index (χ2n) is 9.18. The minimum Gasteiger partial charge on any atom is -0.353 e. The smallest absolute Gasteiger partial charge is 0.222 e. The first-order valence-electron chi connectivity index (χ1n) is 11.9. The lowest BCUT2D eigenvalue weighted by molar-refractivity contribution is -0.129. The molecule has 4 rings (SSSR count). The van der Waals surface area contributed by atoms with E-state index in [0.29, 0.717) is 25.3 Å². The zero-order valence-corrected chi connectivity index (χ0v) is 19.1. The number of fused-ring (bicyclic) bond motifs is 1. The average Bonchev–Trinajstić information content (AvgIpc) is 3.41. The van der Waals surface area contributed by atoms with Gasteiger partial charge >= 0.3 is 0 Å². The molecule has 1 atom stereocenters. The number of nitrogens with zero attached hydrogens (tertiary/aromatic N) is 4. The summed E-state index contributed by atoms with van der Waals surface area (Å²) in [5, 5.41) is 8.06. The van der Waals surface area contributed by atoms with Crippen molar-refractivity contribution in [1.29, 1.82) is 0 Å². The lowest BCUT2D eigenvalue weighted by atomic mass is 9.95. The van der Waals surface area contributed by atoms with E-state index >= 15 is 0 Å². The van der Waals surface area contributed by atoms with Crippen LogP contribution in [0.2, 0.25) is 0 Å². The van der Waals surface area contributed by atoms with Crippen molar-refractivity contribution < 1.29 is 9.59 Å². The van der Waals surface area contributed by atoms with E-state index in [2.05, 4.69) is 18.3 Å². The topological polar surface area (TPSA) is 79.6 Å². The van der Waals surface area contributed by atoms with Crippen molar-refractivity contribution in [2.75, 3.05) is 13.1 Å². The van der Waals surface area contributed by atoms with Crippen LogP contribution in [0.3, 0.4) is 0 Å². The van der Waals surface area contributed by atoms with Crippen molar-refractivity contribution in [3.8, 4) is 0 Å². The number of carbonyl (C=O) groups is 2. The molecule has 2 fully saturated rings. The molecule has 2 amide bonds. The molecule has 1 saturated carbocycles.